The van der Waals surface area contributed by atoms with Crippen LogP contribution < -0.4 is 10.1 Å². The molecule has 0 fully saturated rings. The van der Waals surface area contributed by atoms with Gasteiger partial charge >= 0.3 is 0 Å². The van der Waals surface area contributed by atoms with Gasteiger partial charge in [-0.2, -0.15) is 0 Å². The first kappa shape index (κ1) is 14.9. The van der Waals surface area contributed by atoms with Crippen molar-refractivity contribution in [2.75, 3.05) is 20.3 Å². The van der Waals surface area contributed by atoms with Crippen LogP contribution in [0.25, 0.3) is 0 Å². The Hall–Kier alpha value is -1.17. The Morgan fingerprint density at radius 3 is 2.50 bits per heavy atom. The molecule has 0 aliphatic rings. The molecule has 0 amide bonds. The smallest absolute Gasteiger partial charge is 0.165 e. The fraction of sp³-hybridized carbons (Fsp3) is 0.538. The number of nitrogens with one attached hydrogen (secondary N) is 1. The SMILES string of the molecule is COc1cc(C(C)NC(C)(CO)CO)ccc1F. The summed E-state index contributed by atoms with van der Waals surface area (Å²) in [6.07, 6.45) is 0. The lowest BCUT2D eigenvalue weighted by Gasteiger charge is -2.30. The second-order valence-corrected chi connectivity index (χ2v) is 4.64. The van der Waals surface area contributed by atoms with Crippen molar-refractivity contribution in [3.05, 3.63) is 29.6 Å². The van der Waals surface area contributed by atoms with Crippen molar-refractivity contribution in [3.8, 4) is 5.75 Å². The molecule has 0 saturated carbocycles. The van der Waals surface area contributed by atoms with Crippen molar-refractivity contribution in [3.63, 3.8) is 0 Å². The lowest BCUT2D eigenvalue weighted by atomic mass is 10.0. The molecular formula is C13H20FNO3. The number of aliphatic hydroxyl groups excluding tert-OH is 2. The molecule has 1 unspecified atom stereocenters. The normalized spacial score (nSPS) is 13.4. The molecule has 1 aromatic carbocycles. The molecule has 5 heteroatoms. The topological polar surface area (TPSA) is 61.7 Å². The van der Waals surface area contributed by atoms with E-state index in [1.54, 1.807) is 19.1 Å². The maximum Gasteiger partial charge on any atom is 0.165 e. The molecule has 102 valence electrons. The minimum Gasteiger partial charge on any atom is -0.494 e. The molecule has 3 N–H and O–H groups in total. The maximum atomic E-state index is 13.3. The third-order valence-corrected chi connectivity index (χ3v) is 2.94. The van der Waals surface area contributed by atoms with Gasteiger partial charge in [-0.05, 0) is 31.5 Å². The van der Waals surface area contributed by atoms with Gasteiger partial charge < -0.3 is 20.3 Å². The van der Waals surface area contributed by atoms with Crippen molar-refractivity contribution in [1.29, 1.82) is 0 Å². The van der Waals surface area contributed by atoms with Crippen LogP contribution in [0.3, 0.4) is 0 Å². The second kappa shape index (κ2) is 6.13. The van der Waals surface area contributed by atoms with Crippen LogP contribution in [0, 0.1) is 5.82 Å². The van der Waals surface area contributed by atoms with E-state index in [0.717, 1.165) is 5.56 Å². The van der Waals surface area contributed by atoms with Gasteiger partial charge in [0.15, 0.2) is 11.6 Å². The number of methoxy groups -OCH3 is 1. The van der Waals surface area contributed by atoms with Crippen LogP contribution in [0.5, 0.6) is 5.75 Å². The minimum absolute atomic E-state index is 0.149. The molecule has 1 atom stereocenters. The predicted octanol–water partition coefficient (Wildman–Crippen LogP) is 1.23. The number of ether oxygens (including phenoxy) is 1. The Morgan fingerprint density at radius 2 is 2.00 bits per heavy atom. The van der Waals surface area contributed by atoms with Crippen molar-refractivity contribution >= 4 is 0 Å². The van der Waals surface area contributed by atoms with Crippen LogP contribution >= 0.6 is 0 Å². The van der Waals surface area contributed by atoms with E-state index < -0.39 is 11.4 Å². The van der Waals surface area contributed by atoms with E-state index in [0.29, 0.717) is 0 Å². The van der Waals surface area contributed by atoms with Crippen molar-refractivity contribution in [1.82, 2.24) is 5.32 Å². The highest BCUT2D eigenvalue weighted by atomic mass is 19.1. The second-order valence-electron chi connectivity index (χ2n) is 4.64. The van der Waals surface area contributed by atoms with Crippen molar-refractivity contribution in [2.24, 2.45) is 0 Å². The molecule has 0 bridgehead atoms. The summed E-state index contributed by atoms with van der Waals surface area (Å²) in [5, 5.41) is 21.5. The number of rotatable bonds is 6. The summed E-state index contributed by atoms with van der Waals surface area (Å²) in [5.41, 5.74) is 0.0440. The Bertz CT molecular complexity index is 394. The van der Waals surface area contributed by atoms with Gasteiger partial charge in [0.2, 0.25) is 0 Å². The van der Waals surface area contributed by atoms with E-state index in [-0.39, 0.29) is 25.0 Å². The number of aliphatic hydroxyl groups is 2. The van der Waals surface area contributed by atoms with Gasteiger partial charge in [0.1, 0.15) is 0 Å². The van der Waals surface area contributed by atoms with Crippen molar-refractivity contribution < 1.29 is 19.3 Å². The van der Waals surface area contributed by atoms with E-state index in [9.17, 15) is 14.6 Å². The lowest BCUT2D eigenvalue weighted by Crippen LogP contribution is -2.49. The van der Waals surface area contributed by atoms with Gasteiger partial charge in [-0.25, -0.2) is 4.39 Å². The quantitative estimate of drug-likeness (QED) is 0.717. The van der Waals surface area contributed by atoms with Crippen LogP contribution in [0.4, 0.5) is 4.39 Å². The Labute approximate surface area is 106 Å². The molecule has 1 aromatic rings. The summed E-state index contributed by atoms with van der Waals surface area (Å²) in [5.74, 6) is -0.239. The summed E-state index contributed by atoms with van der Waals surface area (Å²) in [6, 6.07) is 4.43. The molecule has 0 spiro atoms. The molecule has 18 heavy (non-hydrogen) atoms. The van der Waals surface area contributed by atoms with E-state index >= 15 is 0 Å². The zero-order chi connectivity index (χ0) is 13.8. The Balaban J connectivity index is 2.87. The van der Waals surface area contributed by atoms with Gasteiger partial charge in [-0.1, -0.05) is 6.07 Å². The highest BCUT2D eigenvalue weighted by Gasteiger charge is 2.24. The average Bonchev–Trinajstić information content (AvgIpc) is 2.39. The molecule has 0 aliphatic heterocycles. The lowest BCUT2D eigenvalue weighted by molar-refractivity contribution is 0.0957. The fourth-order valence-electron chi connectivity index (χ4n) is 1.69. The van der Waals surface area contributed by atoms with Gasteiger partial charge in [-0.3, -0.25) is 0 Å². The average molecular weight is 257 g/mol. The van der Waals surface area contributed by atoms with Crippen LogP contribution in [-0.2, 0) is 0 Å². The monoisotopic (exact) mass is 257 g/mol. The molecule has 0 heterocycles. The van der Waals surface area contributed by atoms with E-state index in [1.807, 2.05) is 6.92 Å². The van der Waals surface area contributed by atoms with E-state index in [2.05, 4.69) is 5.32 Å². The third kappa shape index (κ3) is 3.41. The molecule has 0 aromatic heterocycles. The van der Waals surface area contributed by atoms with Gasteiger partial charge in [0.25, 0.3) is 0 Å². The molecule has 4 nitrogen and oxygen atoms in total. The fourth-order valence-corrected chi connectivity index (χ4v) is 1.69. The molecule has 0 saturated heterocycles. The summed E-state index contributed by atoms with van der Waals surface area (Å²) >= 11 is 0. The Morgan fingerprint density at radius 1 is 1.39 bits per heavy atom. The highest BCUT2D eigenvalue weighted by molar-refractivity contribution is 5.32. The molecule has 0 radical (unpaired) electrons. The van der Waals surface area contributed by atoms with Crippen LogP contribution in [0.2, 0.25) is 0 Å². The first-order valence-electron chi connectivity index (χ1n) is 5.78. The summed E-state index contributed by atoms with van der Waals surface area (Å²) in [6.45, 7) is 3.21. The Kier molecular flexibility index (Phi) is 5.07. The first-order chi connectivity index (χ1) is 8.45. The molecule has 1 rings (SSSR count). The van der Waals surface area contributed by atoms with E-state index in [1.165, 1.54) is 13.2 Å². The van der Waals surface area contributed by atoms with Crippen molar-refractivity contribution in [2.45, 2.75) is 25.4 Å². The van der Waals surface area contributed by atoms with Crippen LogP contribution in [0.1, 0.15) is 25.5 Å². The van der Waals surface area contributed by atoms with Gasteiger partial charge in [-0.15, -0.1) is 0 Å². The summed E-state index contributed by atoms with van der Waals surface area (Å²) in [7, 11) is 1.41. The molecular weight excluding hydrogens is 237 g/mol. The highest BCUT2D eigenvalue weighted by Crippen LogP contribution is 2.23. The summed E-state index contributed by atoms with van der Waals surface area (Å²) in [4.78, 5) is 0. The number of benzene rings is 1. The van der Waals surface area contributed by atoms with Crippen LogP contribution in [-0.4, -0.2) is 36.1 Å². The summed E-state index contributed by atoms with van der Waals surface area (Å²) < 4.78 is 18.2. The van der Waals surface area contributed by atoms with Gasteiger partial charge in [0.05, 0.1) is 25.9 Å². The van der Waals surface area contributed by atoms with E-state index in [4.69, 9.17) is 4.74 Å². The van der Waals surface area contributed by atoms with Crippen LogP contribution in [0.15, 0.2) is 18.2 Å². The number of hydrogen-bond donors (Lipinski definition) is 3. The largest absolute Gasteiger partial charge is 0.494 e. The minimum atomic E-state index is -0.777. The predicted molar refractivity (Wildman–Crippen MR) is 67.1 cm³/mol. The van der Waals surface area contributed by atoms with Gasteiger partial charge in [0, 0.05) is 6.04 Å². The third-order valence-electron chi connectivity index (χ3n) is 2.94. The molecule has 0 aliphatic carbocycles. The first-order valence-corrected chi connectivity index (χ1v) is 5.78. The maximum absolute atomic E-state index is 13.3. The zero-order valence-corrected chi connectivity index (χ0v) is 10.9. The number of hydrogen-bond acceptors (Lipinski definition) is 4. The zero-order valence-electron chi connectivity index (χ0n) is 10.9. The standard InChI is InChI=1S/C13H20FNO3/c1-9(15-13(2,7-16)8-17)10-4-5-11(14)12(6-10)18-3/h4-6,9,15-17H,7-8H2,1-3H3. The number of halogens is 1.